The van der Waals surface area contributed by atoms with E-state index in [4.69, 9.17) is 0 Å². The maximum absolute atomic E-state index is 12.4. The second-order valence-corrected chi connectivity index (χ2v) is 5.38. The largest absolute Gasteiger partial charge is 0.293 e. The van der Waals surface area contributed by atoms with Crippen molar-refractivity contribution in [2.24, 2.45) is 0 Å². The van der Waals surface area contributed by atoms with Crippen LogP contribution in [0.1, 0.15) is 16.2 Å². The number of fused-ring (bicyclic) bond motifs is 1. The van der Waals surface area contributed by atoms with Crippen molar-refractivity contribution in [3.63, 3.8) is 0 Å². The van der Waals surface area contributed by atoms with Gasteiger partial charge in [-0.15, -0.1) is 5.10 Å². The number of rotatable bonds is 4. The molecule has 0 amide bonds. The minimum absolute atomic E-state index is 0.0919. The minimum Gasteiger partial charge on any atom is -0.293 e. The number of aromatic nitrogens is 3. The molecule has 0 fully saturated rings. The summed E-state index contributed by atoms with van der Waals surface area (Å²) in [5, 5.41) is 9.47. The van der Waals surface area contributed by atoms with Crippen molar-refractivity contribution in [3.8, 4) is 0 Å². The summed E-state index contributed by atoms with van der Waals surface area (Å²) in [4.78, 5) is 16.5. The van der Waals surface area contributed by atoms with Gasteiger partial charge in [0.2, 0.25) is 5.16 Å². The number of Topliss-reactive ketones (excluding diaryl/α,β-unsaturated/α-hetero) is 1. The fourth-order valence-electron chi connectivity index (χ4n) is 2.06. The van der Waals surface area contributed by atoms with E-state index in [1.165, 1.54) is 11.8 Å². The van der Waals surface area contributed by atoms with Crippen LogP contribution in [0.3, 0.4) is 0 Å². The first-order valence-electron chi connectivity index (χ1n) is 6.27. The number of aryl methyl sites for hydroxylation is 1. The molecule has 1 N–H and O–H groups in total. The molecule has 0 unspecified atom stereocenters. The van der Waals surface area contributed by atoms with Gasteiger partial charge in [0, 0.05) is 5.56 Å². The zero-order chi connectivity index (χ0) is 13.9. The summed E-state index contributed by atoms with van der Waals surface area (Å²) in [5.74, 6) is 1.19. The molecule has 1 heterocycles. The van der Waals surface area contributed by atoms with Crippen LogP contribution in [0.15, 0.2) is 47.6 Å². The van der Waals surface area contributed by atoms with E-state index in [0.29, 0.717) is 10.9 Å². The standard InChI is InChI=1S/C15H13N3OS/c1-10-16-15(18-17-10)20-9-14(19)13-8-4-6-11-5-2-3-7-12(11)13/h2-8H,9H2,1H3,(H,16,17,18). The maximum Gasteiger partial charge on any atom is 0.208 e. The topological polar surface area (TPSA) is 58.6 Å². The van der Waals surface area contributed by atoms with Crippen molar-refractivity contribution >= 4 is 28.3 Å². The van der Waals surface area contributed by atoms with Crippen molar-refractivity contribution < 1.29 is 4.79 Å². The highest BCUT2D eigenvalue weighted by atomic mass is 32.2. The van der Waals surface area contributed by atoms with Gasteiger partial charge in [-0.05, 0) is 17.7 Å². The van der Waals surface area contributed by atoms with Crippen LogP contribution < -0.4 is 0 Å². The summed E-state index contributed by atoms with van der Waals surface area (Å²) in [5.41, 5.74) is 0.753. The number of hydrogen-bond acceptors (Lipinski definition) is 4. The SMILES string of the molecule is Cc1nc(SCC(=O)c2cccc3ccccc23)n[nH]1. The average Bonchev–Trinajstić information content (AvgIpc) is 2.90. The van der Waals surface area contributed by atoms with Crippen molar-refractivity contribution in [3.05, 3.63) is 53.9 Å². The van der Waals surface area contributed by atoms with E-state index in [-0.39, 0.29) is 5.78 Å². The number of nitrogens with zero attached hydrogens (tertiary/aromatic N) is 2. The Kier molecular flexibility index (Phi) is 3.52. The summed E-state index contributed by atoms with van der Waals surface area (Å²) in [6.45, 7) is 1.84. The Morgan fingerprint density at radius 2 is 2.00 bits per heavy atom. The first kappa shape index (κ1) is 12.9. The van der Waals surface area contributed by atoms with E-state index < -0.39 is 0 Å². The summed E-state index contributed by atoms with van der Waals surface area (Å²) in [6.07, 6.45) is 0. The number of nitrogens with one attached hydrogen (secondary N) is 1. The molecule has 0 aliphatic carbocycles. The zero-order valence-corrected chi connectivity index (χ0v) is 11.8. The van der Waals surface area contributed by atoms with E-state index in [0.717, 1.165) is 22.2 Å². The fraction of sp³-hybridized carbons (Fsp3) is 0.133. The molecule has 2 aromatic carbocycles. The molecule has 0 saturated heterocycles. The molecular formula is C15H13N3OS. The number of aromatic amines is 1. The Balaban J connectivity index is 1.82. The van der Waals surface area contributed by atoms with Gasteiger partial charge in [0.25, 0.3) is 0 Å². The van der Waals surface area contributed by atoms with Crippen molar-refractivity contribution in [2.75, 3.05) is 5.75 Å². The van der Waals surface area contributed by atoms with Gasteiger partial charge in [-0.3, -0.25) is 9.89 Å². The van der Waals surface area contributed by atoms with Gasteiger partial charge in [-0.1, -0.05) is 54.2 Å². The molecule has 0 saturated carbocycles. The van der Waals surface area contributed by atoms with Crippen molar-refractivity contribution in [2.45, 2.75) is 12.1 Å². The van der Waals surface area contributed by atoms with Gasteiger partial charge in [-0.2, -0.15) is 0 Å². The molecule has 0 radical (unpaired) electrons. The third kappa shape index (κ3) is 2.58. The molecular weight excluding hydrogens is 270 g/mol. The monoisotopic (exact) mass is 283 g/mol. The number of H-pyrrole nitrogens is 1. The summed E-state index contributed by atoms with van der Waals surface area (Å²) in [7, 11) is 0. The highest BCUT2D eigenvalue weighted by Gasteiger charge is 2.11. The van der Waals surface area contributed by atoms with Gasteiger partial charge < -0.3 is 0 Å². The van der Waals surface area contributed by atoms with Crippen molar-refractivity contribution in [1.82, 2.24) is 15.2 Å². The van der Waals surface area contributed by atoms with Crippen LogP contribution in [0.2, 0.25) is 0 Å². The van der Waals surface area contributed by atoms with Gasteiger partial charge >= 0.3 is 0 Å². The van der Waals surface area contributed by atoms with E-state index >= 15 is 0 Å². The number of carbonyl (C=O) groups is 1. The number of benzene rings is 2. The molecule has 100 valence electrons. The van der Waals surface area contributed by atoms with Gasteiger partial charge in [0.1, 0.15) is 5.82 Å². The van der Waals surface area contributed by atoms with Gasteiger partial charge in [0.05, 0.1) is 5.75 Å². The minimum atomic E-state index is 0.0919. The van der Waals surface area contributed by atoms with Crippen LogP contribution in [0.25, 0.3) is 10.8 Å². The molecule has 0 aliphatic rings. The van der Waals surface area contributed by atoms with Gasteiger partial charge in [-0.25, -0.2) is 4.98 Å². The van der Waals surface area contributed by atoms with Crippen LogP contribution in [0.4, 0.5) is 0 Å². The van der Waals surface area contributed by atoms with Crippen LogP contribution in [-0.2, 0) is 0 Å². The van der Waals surface area contributed by atoms with Crippen molar-refractivity contribution in [1.29, 1.82) is 0 Å². The Hall–Kier alpha value is -2.14. The number of ketones is 1. The molecule has 1 aromatic heterocycles. The van der Waals surface area contributed by atoms with Crippen LogP contribution in [-0.4, -0.2) is 26.7 Å². The van der Waals surface area contributed by atoms with Crippen LogP contribution in [0, 0.1) is 6.92 Å². The Bertz CT molecular complexity index is 761. The fourth-order valence-corrected chi connectivity index (χ4v) is 2.79. The third-order valence-corrected chi connectivity index (χ3v) is 3.85. The lowest BCUT2D eigenvalue weighted by Gasteiger charge is -2.04. The lowest BCUT2D eigenvalue weighted by molar-refractivity contribution is 0.102. The summed E-state index contributed by atoms with van der Waals surface area (Å²) < 4.78 is 0. The molecule has 0 aliphatic heterocycles. The zero-order valence-electron chi connectivity index (χ0n) is 11.0. The first-order chi connectivity index (χ1) is 9.74. The molecule has 20 heavy (non-hydrogen) atoms. The Morgan fingerprint density at radius 1 is 1.20 bits per heavy atom. The lowest BCUT2D eigenvalue weighted by atomic mass is 10.0. The highest BCUT2D eigenvalue weighted by Crippen LogP contribution is 2.21. The van der Waals surface area contributed by atoms with E-state index in [1.54, 1.807) is 0 Å². The quantitative estimate of drug-likeness (QED) is 0.590. The second kappa shape index (κ2) is 5.46. The van der Waals surface area contributed by atoms with E-state index in [9.17, 15) is 4.79 Å². The van der Waals surface area contributed by atoms with E-state index in [2.05, 4.69) is 15.2 Å². The van der Waals surface area contributed by atoms with E-state index in [1.807, 2.05) is 49.4 Å². The predicted octanol–water partition coefficient (Wildman–Crippen LogP) is 3.24. The molecule has 3 aromatic rings. The lowest BCUT2D eigenvalue weighted by Crippen LogP contribution is -2.03. The Morgan fingerprint density at radius 3 is 2.80 bits per heavy atom. The smallest absolute Gasteiger partial charge is 0.208 e. The summed E-state index contributed by atoms with van der Waals surface area (Å²) >= 11 is 1.35. The maximum atomic E-state index is 12.4. The third-order valence-electron chi connectivity index (χ3n) is 3.00. The number of hydrogen-bond donors (Lipinski definition) is 1. The highest BCUT2D eigenvalue weighted by molar-refractivity contribution is 7.99. The van der Waals surface area contributed by atoms with Crippen LogP contribution in [0.5, 0.6) is 0 Å². The molecule has 5 heteroatoms. The van der Waals surface area contributed by atoms with Gasteiger partial charge in [0.15, 0.2) is 5.78 Å². The molecule has 0 bridgehead atoms. The first-order valence-corrected chi connectivity index (χ1v) is 7.25. The van der Waals surface area contributed by atoms with Crippen LogP contribution >= 0.6 is 11.8 Å². The normalized spacial score (nSPS) is 10.8. The molecule has 0 spiro atoms. The predicted molar refractivity (Wildman–Crippen MR) is 80.1 cm³/mol. The average molecular weight is 283 g/mol. The second-order valence-electron chi connectivity index (χ2n) is 4.44. The molecule has 0 atom stereocenters. The number of thioether (sulfide) groups is 1. The molecule has 4 nitrogen and oxygen atoms in total. The summed E-state index contributed by atoms with van der Waals surface area (Å²) in [6, 6.07) is 13.7. The number of carbonyl (C=O) groups excluding carboxylic acids is 1. The Labute approximate surface area is 120 Å². The molecule has 3 rings (SSSR count).